The number of aryl methyl sites for hydroxylation is 1. The van der Waals surface area contributed by atoms with E-state index in [4.69, 9.17) is 5.11 Å². The highest BCUT2D eigenvalue weighted by Gasteiger charge is 2.02. The van der Waals surface area contributed by atoms with Gasteiger partial charge in [-0.15, -0.1) is 0 Å². The molecular formula is C12H12FN3O. The summed E-state index contributed by atoms with van der Waals surface area (Å²) in [5, 5.41) is 12.0. The molecule has 0 saturated heterocycles. The molecule has 0 aliphatic heterocycles. The van der Waals surface area contributed by atoms with E-state index in [9.17, 15) is 4.39 Å². The second-order valence-electron chi connectivity index (χ2n) is 3.61. The number of aliphatic hydroxyl groups excluding tert-OH is 1. The van der Waals surface area contributed by atoms with Crippen LogP contribution in [0.2, 0.25) is 0 Å². The van der Waals surface area contributed by atoms with Crippen LogP contribution in [-0.2, 0) is 6.61 Å². The van der Waals surface area contributed by atoms with Gasteiger partial charge in [0.1, 0.15) is 5.82 Å². The number of nitrogens with one attached hydrogen (secondary N) is 1. The van der Waals surface area contributed by atoms with Gasteiger partial charge in [0.2, 0.25) is 5.95 Å². The van der Waals surface area contributed by atoms with E-state index in [1.165, 1.54) is 12.1 Å². The minimum Gasteiger partial charge on any atom is -0.390 e. The molecular weight excluding hydrogens is 221 g/mol. The summed E-state index contributed by atoms with van der Waals surface area (Å²) in [5.41, 5.74) is 2.00. The van der Waals surface area contributed by atoms with Gasteiger partial charge in [0, 0.05) is 11.4 Å². The zero-order valence-corrected chi connectivity index (χ0v) is 9.31. The molecule has 1 aromatic carbocycles. The number of benzene rings is 1. The maximum atomic E-state index is 12.7. The molecule has 0 atom stereocenters. The Labute approximate surface area is 98.2 Å². The summed E-state index contributed by atoms with van der Waals surface area (Å²) in [6, 6.07) is 7.60. The van der Waals surface area contributed by atoms with Crippen LogP contribution in [0.15, 0.2) is 30.3 Å². The van der Waals surface area contributed by atoms with Crippen molar-refractivity contribution in [3.63, 3.8) is 0 Å². The fourth-order valence-electron chi connectivity index (χ4n) is 1.43. The number of halogens is 1. The molecule has 2 N–H and O–H groups in total. The number of rotatable bonds is 3. The van der Waals surface area contributed by atoms with Gasteiger partial charge in [-0.25, -0.2) is 14.4 Å². The normalized spacial score (nSPS) is 10.3. The number of hydrogen-bond acceptors (Lipinski definition) is 4. The van der Waals surface area contributed by atoms with E-state index in [1.54, 1.807) is 18.2 Å². The predicted octanol–water partition coefficient (Wildman–Crippen LogP) is 2.16. The van der Waals surface area contributed by atoms with Crippen LogP contribution in [0.5, 0.6) is 0 Å². The topological polar surface area (TPSA) is 58.0 Å². The van der Waals surface area contributed by atoms with Crippen molar-refractivity contribution >= 4 is 11.6 Å². The zero-order valence-electron chi connectivity index (χ0n) is 9.31. The van der Waals surface area contributed by atoms with Gasteiger partial charge in [0.25, 0.3) is 0 Å². The Morgan fingerprint density at radius 3 is 2.59 bits per heavy atom. The molecule has 0 bridgehead atoms. The Morgan fingerprint density at radius 2 is 1.94 bits per heavy atom. The molecule has 2 aromatic rings. The van der Waals surface area contributed by atoms with Gasteiger partial charge in [-0.2, -0.15) is 0 Å². The summed E-state index contributed by atoms with van der Waals surface area (Å²) in [4.78, 5) is 8.28. The lowest BCUT2D eigenvalue weighted by Gasteiger charge is -2.06. The third-order valence-electron chi connectivity index (χ3n) is 2.17. The Balaban J connectivity index is 2.23. The van der Waals surface area contributed by atoms with Crippen LogP contribution < -0.4 is 5.32 Å². The van der Waals surface area contributed by atoms with Gasteiger partial charge in [0.15, 0.2) is 0 Å². The molecule has 17 heavy (non-hydrogen) atoms. The molecule has 0 amide bonds. The molecule has 1 heterocycles. The fourth-order valence-corrected chi connectivity index (χ4v) is 1.43. The van der Waals surface area contributed by atoms with Gasteiger partial charge >= 0.3 is 0 Å². The van der Waals surface area contributed by atoms with Crippen LogP contribution in [0.3, 0.4) is 0 Å². The van der Waals surface area contributed by atoms with Crippen LogP contribution in [0.25, 0.3) is 0 Å². The van der Waals surface area contributed by atoms with E-state index in [1.807, 2.05) is 6.92 Å². The Kier molecular flexibility index (Phi) is 3.30. The third-order valence-corrected chi connectivity index (χ3v) is 2.17. The fraction of sp³-hybridized carbons (Fsp3) is 0.167. The number of nitrogens with zero attached hydrogens (tertiary/aromatic N) is 2. The molecule has 2 rings (SSSR count). The van der Waals surface area contributed by atoms with E-state index >= 15 is 0 Å². The van der Waals surface area contributed by atoms with E-state index in [0.717, 1.165) is 5.69 Å². The first-order valence-electron chi connectivity index (χ1n) is 5.15. The minimum atomic E-state index is -0.295. The van der Waals surface area contributed by atoms with Gasteiger partial charge in [-0.05, 0) is 37.3 Å². The maximum Gasteiger partial charge on any atom is 0.227 e. The molecule has 0 unspecified atom stereocenters. The van der Waals surface area contributed by atoms with Crippen molar-refractivity contribution in [2.45, 2.75) is 13.5 Å². The molecule has 0 aliphatic carbocycles. The average Bonchev–Trinajstić information content (AvgIpc) is 2.31. The summed E-state index contributed by atoms with van der Waals surface area (Å²) in [5.74, 6) is 0.0948. The molecule has 0 radical (unpaired) electrons. The van der Waals surface area contributed by atoms with Crippen molar-refractivity contribution in [2.75, 3.05) is 5.32 Å². The lowest BCUT2D eigenvalue weighted by molar-refractivity contribution is 0.276. The molecule has 88 valence electrons. The molecule has 0 aliphatic rings. The third kappa shape index (κ3) is 2.98. The van der Waals surface area contributed by atoms with Crippen LogP contribution in [0.4, 0.5) is 16.0 Å². The number of anilines is 2. The van der Waals surface area contributed by atoms with E-state index in [2.05, 4.69) is 15.3 Å². The van der Waals surface area contributed by atoms with E-state index < -0.39 is 0 Å². The van der Waals surface area contributed by atoms with E-state index in [0.29, 0.717) is 17.3 Å². The van der Waals surface area contributed by atoms with Crippen molar-refractivity contribution in [2.24, 2.45) is 0 Å². The smallest absolute Gasteiger partial charge is 0.227 e. The summed E-state index contributed by atoms with van der Waals surface area (Å²) in [6.07, 6.45) is 0. The zero-order chi connectivity index (χ0) is 12.3. The molecule has 0 fully saturated rings. The van der Waals surface area contributed by atoms with Gasteiger partial charge in [-0.1, -0.05) is 0 Å². The van der Waals surface area contributed by atoms with E-state index in [-0.39, 0.29) is 12.4 Å². The highest BCUT2D eigenvalue weighted by Crippen LogP contribution is 2.14. The summed E-state index contributed by atoms with van der Waals surface area (Å²) in [6.45, 7) is 1.68. The van der Waals surface area contributed by atoms with Crippen molar-refractivity contribution in [1.29, 1.82) is 0 Å². The lowest BCUT2D eigenvalue weighted by atomic mass is 10.3. The van der Waals surface area contributed by atoms with Gasteiger partial charge in [0.05, 0.1) is 12.3 Å². The van der Waals surface area contributed by atoms with Gasteiger partial charge in [-0.3, -0.25) is 0 Å². The summed E-state index contributed by atoms with van der Waals surface area (Å²) >= 11 is 0. The van der Waals surface area contributed by atoms with Crippen molar-refractivity contribution in [3.05, 3.63) is 47.5 Å². The Hall–Kier alpha value is -2.01. The quantitative estimate of drug-likeness (QED) is 0.852. The standard InChI is InChI=1S/C12H12FN3O/c1-8-6-11(7-17)16-12(14-8)15-10-4-2-9(13)3-5-10/h2-6,17H,7H2,1H3,(H,14,15,16). The summed E-state index contributed by atoms with van der Waals surface area (Å²) < 4.78 is 12.7. The lowest BCUT2D eigenvalue weighted by Crippen LogP contribution is -2.01. The number of hydrogen-bond donors (Lipinski definition) is 2. The monoisotopic (exact) mass is 233 g/mol. The first-order valence-corrected chi connectivity index (χ1v) is 5.15. The minimum absolute atomic E-state index is 0.137. The predicted molar refractivity (Wildman–Crippen MR) is 62.4 cm³/mol. The van der Waals surface area contributed by atoms with Gasteiger partial charge < -0.3 is 10.4 Å². The van der Waals surface area contributed by atoms with Crippen molar-refractivity contribution in [1.82, 2.24) is 9.97 Å². The molecule has 1 aromatic heterocycles. The maximum absolute atomic E-state index is 12.7. The van der Waals surface area contributed by atoms with Crippen molar-refractivity contribution in [3.8, 4) is 0 Å². The molecule has 5 heteroatoms. The van der Waals surface area contributed by atoms with Crippen LogP contribution in [0.1, 0.15) is 11.4 Å². The molecule has 4 nitrogen and oxygen atoms in total. The number of aromatic nitrogens is 2. The summed E-state index contributed by atoms with van der Waals surface area (Å²) in [7, 11) is 0. The second-order valence-corrected chi connectivity index (χ2v) is 3.61. The average molecular weight is 233 g/mol. The van der Waals surface area contributed by atoms with Crippen molar-refractivity contribution < 1.29 is 9.50 Å². The molecule has 0 saturated carbocycles. The first-order chi connectivity index (χ1) is 8.17. The second kappa shape index (κ2) is 4.88. The highest BCUT2D eigenvalue weighted by atomic mass is 19.1. The van der Waals surface area contributed by atoms with Crippen LogP contribution in [0, 0.1) is 12.7 Å². The molecule has 0 spiro atoms. The first kappa shape index (κ1) is 11.5. The Bertz CT molecular complexity index is 514. The van der Waals surface area contributed by atoms with Crippen LogP contribution >= 0.6 is 0 Å². The Morgan fingerprint density at radius 1 is 1.24 bits per heavy atom. The largest absolute Gasteiger partial charge is 0.390 e. The highest BCUT2D eigenvalue weighted by molar-refractivity contribution is 5.52. The SMILES string of the molecule is Cc1cc(CO)nc(Nc2ccc(F)cc2)n1. The van der Waals surface area contributed by atoms with Crippen LogP contribution in [-0.4, -0.2) is 15.1 Å². The number of aliphatic hydroxyl groups is 1.